The molecular weight excluding hydrogens is 377 g/mol. The van der Waals surface area contributed by atoms with Gasteiger partial charge in [0.05, 0.1) is 18.3 Å². The molecule has 1 saturated heterocycles. The van der Waals surface area contributed by atoms with Gasteiger partial charge in [-0.2, -0.15) is 5.10 Å². The number of nitrogens with zero attached hydrogens (tertiary/aromatic N) is 3. The Morgan fingerprint density at radius 2 is 1.83 bits per heavy atom. The van der Waals surface area contributed by atoms with Gasteiger partial charge in [-0.05, 0) is 74.5 Å². The van der Waals surface area contributed by atoms with Gasteiger partial charge in [-0.1, -0.05) is 37.3 Å². The molecule has 1 amide bonds. The van der Waals surface area contributed by atoms with Crippen molar-refractivity contribution in [3.63, 3.8) is 0 Å². The number of carbonyl (C=O) groups excluding carboxylic acids is 1. The zero-order valence-electron chi connectivity index (χ0n) is 18.1. The molecule has 2 aliphatic rings. The SMILES string of the molecule is Cc1ccc(C2=NN(C(=O)CN3CCC(C)CC3)C(c3ccccc3F)C2)cc1C. The van der Waals surface area contributed by atoms with E-state index >= 15 is 0 Å². The topological polar surface area (TPSA) is 35.9 Å². The third kappa shape index (κ3) is 4.31. The highest BCUT2D eigenvalue weighted by atomic mass is 19.1. The third-order valence-corrected chi connectivity index (χ3v) is 6.51. The van der Waals surface area contributed by atoms with Gasteiger partial charge in [0.1, 0.15) is 5.82 Å². The second-order valence-electron chi connectivity index (χ2n) is 8.78. The molecule has 0 aromatic heterocycles. The Morgan fingerprint density at radius 1 is 1.10 bits per heavy atom. The van der Waals surface area contributed by atoms with Crippen LogP contribution in [-0.4, -0.2) is 41.2 Å². The van der Waals surface area contributed by atoms with Gasteiger partial charge in [-0.15, -0.1) is 0 Å². The Labute approximate surface area is 178 Å². The number of halogens is 1. The summed E-state index contributed by atoms with van der Waals surface area (Å²) in [6.45, 7) is 8.60. The summed E-state index contributed by atoms with van der Waals surface area (Å²) >= 11 is 0. The number of piperidine rings is 1. The molecule has 1 atom stereocenters. The van der Waals surface area contributed by atoms with Gasteiger partial charge in [0.15, 0.2) is 0 Å². The standard InChI is InChI=1S/C25H30FN3O/c1-17-10-12-28(13-11-17)16-25(30)29-24(21-6-4-5-7-22(21)26)15-23(27-29)20-9-8-18(2)19(3)14-20/h4-9,14,17,24H,10-13,15-16H2,1-3H3. The molecule has 0 saturated carbocycles. The van der Waals surface area contributed by atoms with E-state index in [9.17, 15) is 9.18 Å². The van der Waals surface area contributed by atoms with E-state index in [1.807, 2.05) is 12.1 Å². The Bertz CT molecular complexity index is 963. The summed E-state index contributed by atoms with van der Waals surface area (Å²) in [6.07, 6.45) is 2.74. The molecule has 0 aliphatic carbocycles. The number of likely N-dealkylation sites (tertiary alicyclic amines) is 1. The first-order valence-corrected chi connectivity index (χ1v) is 10.9. The van der Waals surface area contributed by atoms with Crippen LogP contribution in [0, 0.1) is 25.6 Å². The molecule has 2 aliphatic heterocycles. The summed E-state index contributed by atoms with van der Waals surface area (Å²) in [5.41, 5.74) is 4.77. The lowest BCUT2D eigenvalue weighted by molar-refractivity contribution is -0.134. The second-order valence-corrected chi connectivity index (χ2v) is 8.78. The van der Waals surface area contributed by atoms with Crippen LogP contribution in [-0.2, 0) is 4.79 Å². The summed E-state index contributed by atoms with van der Waals surface area (Å²) in [6, 6.07) is 12.5. The van der Waals surface area contributed by atoms with E-state index in [1.54, 1.807) is 12.1 Å². The lowest BCUT2D eigenvalue weighted by Crippen LogP contribution is -2.41. The number of hydrogen-bond donors (Lipinski definition) is 0. The monoisotopic (exact) mass is 407 g/mol. The van der Waals surface area contributed by atoms with Crippen molar-refractivity contribution in [2.75, 3.05) is 19.6 Å². The van der Waals surface area contributed by atoms with Crippen molar-refractivity contribution in [3.8, 4) is 0 Å². The van der Waals surface area contributed by atoms with Gasteiger partial charge in [-0.3, -0.25) is 9.69 Å². The highest BCUT2D eigenvalue weighted by Gasteiger charge is 2.35. The lowest BCUT2D eigenvalue weighted by atomic mass is 9.96. The number of hydrogen-bond acceptors (Lipinski definition) is 3. The van der Waals surface area contributed by atoms with Gasteiger partial charge in [0.25, 0.3) is 5.91 Å². The molecule has 2 aromatic rings. The second kappa shape index (κ2) is 8.68. The van der Waals surface area contributed by atoms with Crippen molar-refractivity contribution < 1.29 is 9.18 Å². The summed E-state index contributed by atoms with van der Waals surface area (Å²) in [5.74, 6) is 0.365. The maximum atomic E-state index is 14.6. The summed E-state index contributed by atoms with van der Waals surface area (Å²) in [5, 5.41) is 6.24. The predicted molar refractivity (Wildman–Crippen MR) is 118 cm³/mol. The zero-order valence-corrected chi connectivity index (χ0v) is 18.1. The van der Waals surface area contributed by atoms with Crippen LogP contribution in [0.2, 0.25) is 0 Å². The molecule has 2 heterocycles. The molecule has 0 N–H and O–H groups in total. The quantitative estimate of drug-likeness (QED) is 0.726. The first-order chi connectivity index (χ1) is 14.4. The van der Waals surface area contributed by atoms with E-state index in [0.29, 0.717) is 24.4 Å². The number of hydrazone groups is 1. The van der Waals surface area contributed by atoms with Gasteiger partial charge >= 0.3 is 0 Å². The highest BCUT2D eigenvalue weighted by molar-refractivity contribution is 6.03. The molecule has 158 valence electrons. The number of aryl methyl sites for hydroxylation is 2. The van der Waals surface area contributed by atoms with Crippen LogP contribution in [0.3, 0.4) is 0 Å². The maximum Gasteiger partial charge on any atom is 0.257 e. The molecule has 0 spiro atoms. The number of rotatable bonds is 4. The van der Waals surface area contributed by atoms with E-state index in [4.69, 9.17) is 5.10 Å². The van der Waals surface area contributed by atoms with Crippen LogP contribution in [0.5, 0.6) is 0 Å². The first-order valence-electron chi connectivity index (χ1n) is 10.9. The molecule has 30 heavy (non-hydrogen) atoms. The van der Waals surface area contributed by atoms with E-state index in [2.05, 4.69) is 37.8 Å². The minimum atomic E-state index is -0.404. The van der Waals surface area contributed by atoms with E-state index < -0.39 is 6.04 Å². The van der Waals surface area contributed by atoms with Crippen molar-refractivity contribution in [1.82, 2.24) is 9.91 Å². The van der Waals surface area contributed by atoms with Crippen LogP contribution in [0.25, 0.3) is 0 Å². The molecule has 2 aromatic carbocycles. The van der Waals surface area contributed by atoms with Crippen LogP contribution >= 0.6 is 0 Å². The number of carbonyl (C=O) groups is 1. The van der Waals surface area contributed by atoms with Crippen molar-refractivity contribution in [1.29, 1.82) is 0 Å². The van der Waals surface area contributed by atoms with E-state index in [0.717, 1.165) is 37.2 Å². The van der Waals surface area contributed by atoms with Crippen LogP contribution in [0.4, 0.5) is 4.39 Å². The Hall–Kier alpha value is -2.53. The first kappa shape index (κ1) is 20.7. The molecule has 1 fully saturated rings. The van der Waals surface area contributed by atoms with Crippen LogP contribution in [0.15, 0.2) is 47.6 Å². The van der Waals surface area contributed by atoms with E-state index in [1.165, 1.54) is 22.2 Å². The predicted octanol–water partition coefficient (Wildman–Crippen LogP) is 4.85. The highest BCUT2D eigenvalue weighted by Crippen LogP contribution is 2.34. The smallest absolute Gasteiger partial charge is 0.257 e. The summed E-state index contributed by atoms with van der Waals surface area (Å²) in [7, 11) is 0. The molecular formula is C25H30FN3O. The average molecular weight is 408 g/mol. The minimum absolute atomic E-state index is 0.0587. The molecule has 4 rings (SSSR count). The van der Waals surface area contributed by atoms with Crippen molar-refractivity contribution in [2.45, 2.75) is 46.1 Å². The third-order valence-electron chi connectivity index (χ3n) is 6.51. The zero-order chi connectivity index (χ0) is 21.3. The van der Waals surface area contributed by atoms with Gasteiger partial charge in [0.2, 0.25) is 0 Å². The number of benzene rings is 2. The maximum absolute atomic E-state index is 14.6. The van der Waals surface area contributed by atoms with Crippen molar-refractivity contribution in [3.05, 3.63) is 70.5 Å². The molecule has 5 heteroatoms. The average Bonchev–Trinajstić information content (AvgIpc) is 3.17. The van der Waals surface area contributed by atoms with Crippen molar-refractivity contribution in [2.24, 2.45) is 11.0 Å². The van der Waals surface area contributed by atoms with Crippen LogP contribution in [0.1, 0.15) is 54.5 Å². The van der Waals surface area contributed by atoms with E-state index in [-0.39, 0.29) is 11.7 Å². The summed E-state index contributed by atoms with van der Waals surface area (Å²) < 4.78 is 14.6. The van der Waals surface area contributed by atoms with Gasteiger partial charge < -0.3 is 0 Å². The summed E-state index contributed by atoms with van der Waals surface area (Å²) in [4.78, 5) is 15.4. The Kier molecular flexibility index (Phi) is 6.00. The van der Waals surface area contributed by atoms with Crippen molar-refractivity contribution >= 4 is 11.6 Å². The van der Waals surface area contributed by atoms with Crippen LogP contribution < -0.4 is 0 Å². The fraction of sp³-hybridized carbons (Fsp3) is 0.440. The molecule has 0 radical (unpaired) electrons. The largest absolute Gasteiger partial charge is 0.294 e. The Morgan fingerprint density at radius 3 is 2.53 bits per heavy atom. The van der Waals surface area contributed by atoms with Gasteiger partial charge in [-0.25, -0.2) is 9.40 Å². The fourth-order valence-corrected chi connectivity index (χ4v) is 4.31. The molecule has 0 bridgehead atoms. The normalized spacial score (nSPS) is 20.5. The van der Waals surface area contributed by atoms with Gasteiger partial charge in [0, 0.05) is 12.0 Å². The number of amides is 1. The molecule has 1 unspecified atom stereocenters. The lowest BCUT2D eigenvalue weighted by Gasteiger charge is -2.31. The fourth-order valence-electron chi connectivity index (χ4n) is 4.31. The molecule has 4 nitrogen and oxygen atoms in total. The minimum Gasteiger partial charge on any atom is -0.294 e. The Balaban J connectivity index is 1.61.